The Balaban J connectivity index is 2.03. The van der Waals surface area contributed by atoms with Gasteiger partial charge < -0.3 is 19.7 Å². The summed E-state index contributed by atoms with van der Waals surface area (Å²) < 4.78 is 39.8. The van der Waals surface area contributed by atoms with Crippen molar-refractivity contribution in [2.24, 2.45) is 0 Å². The first kappa shape index (κ1) is 30.0. The van der Waals surface area contributed by atoms with E-state index in [0.717, 1.165) is 15.4 Å². The third kappa shape index (κ3) is 7.10. The summed E-state index contributed by atoms with van der Waals surface area (Å²) in [6.07, 6.45) is 0. The Hall–Kier alpha value is -3.57. The maximum absolute atomic E-state index is 13.9. The topological polar surface area (TPSA) is 105 Å². The van der Waals surface area contributed by atoms with Crippen LogP contribution in [0.25, 0.3) is 0 Å². The average Bonchev–Trinajstić information content (AvgIpc) is 2.94. The van der Waals surface area contributed by atoms with Crippen molar-refractivity contribution in [1.29, 1.82) is 0 Å². The lowest BCUT2D eigenvalue weighted by molar-refractivity contribution is -0.139. The fourth-order valence-electron chi connectivity index (χ4n) is 3.89. The van der Waals surface area contributed by atoms with Crippen molar-refractivity contribution in [3.05, 3.63) is 82.3 Å². The van der Waals surface area contributed by atoms with Gasteiger partial charge in [-0.25, -0.2) is 8.42 Å². The number of likely N-dealkylation sites (N-methyl/N-ethyl adjacent to an activating group) is 1. The van der Waals surface area contributed by atoms with Gasteiger partial charge in [0.2, 0.25) is 11.8 Å². The molecule has 2 amide bonds. The second kappa shape index (κ2) is 13.0. The molecule has 208 valence electrons. The first-order valence-electron chi connectivity index (χ1n) is 12.1. The summed E-state index contributed by atoms with van der Waals surface area (Å²) in [5.74, 6) is 0.203. The molecule has 0 fully saturated rings. The molecule has 3 aromatic carbocycles. The lowest BCUT2D eigenvalue weighted by Gasteiger charge is -2.32. The molecule has 3 aromatic rings. The number of sulfonamides is 1. The molecule has 1 N–H and O–H groups in total. The quantitative estimate of drug-likeness (QED) is 0.347. The number of ether oxygens (including phenoxy) is 2. The van der Waals surface area contributed by atoms with E-state index in [9.17, 15) is 18.0 Å². The Bertz CT molecular complexity index is 1410. The normalized spacial score (nSPS) is 11.8. The van der Waals surface area contributed by atoms with Crippen LogP contribution < -0.4 is 19.1 Å². The second-order valence-electron chi connectivity index (χ2n) is 8.80. The molecule has 11 heteroatoms. The van der Waals surface area contributed by atoms with Crippen molar-refractivity contribution in [2.45, 2.75) is 31.3 Å². The minimum Gasteiger partial charge on any atom is -0.497 e. The van der Waals surface area contributed by atoms with Gasteiger partial charge in [0.15, 0.2) is 0 Å². The standard InChI is InChI=1S/C28H32BrN3O6S/c1-19-6-10-22(11-7-19)32(39(35,36)24-14-15-26(38-5)25(29)16-24)18-27(33)31(20(2)28(34)30-3)17-21-8-12-23(37-4)13-9-21/h6-16,20H,17-18H2,1-5H3,(H,30,34). The monoisotopic (exact) mass is 617 g/mol. The molecule has 1 unspecified atom stereocenters. The molecule has 0 aromatic heterocycles. The van der Waals surface area contributed by atoms with Gasteiger partial charge in [0.25, 0.3) is 10.0 Å². The van der Waals surface area contributed by atoms with Gasteiger partial charge in [-0.1, -0.05) is 29.8 Å². The molecule has 0 heterocycles. The lowest BCUT2D eigenvalue weighted by atomic mass is 10.1. The number of halogens is 1. The number of hydrogen-bond acceptors (Lipinski definition) is 6. The van der Waals surface area contributed by atoms with Crippen LogP contribution in [0.4, 0.5) is 5.69 Å². The molecular weight excluding hydrogens is 586 g/mol. The molecule has 0 aliphatic carbocycles. The van der Waals surface area contributed by atoms with Gasteiger partial charge in [0, 0.05) is 13.6 Å². The molecule has 39 heavy (non-hydrogen) atoms. The van der Waals surface area contributed by atoms with Crippen LogP contribution in [0.1, 0.15) is 18.1 Å². The Morgan fingerprint density at radius 3 is 2.15 bits per heavy atom. The number of nitrogens with one attached hydrogen (secondary N) is 1. The summed E-state index contributed by atoms with van der Waals surface area (Å²) in [5.41, 5.74) is 2.01. The molecule has 0 spiro atoms. The molecule has 0 bridgehead atoms. The van der Waals surface area contributed by atoms with E-state index < -0.39 is 28.5 Å². The third-order valence-corrected chi connectivity index (χ3v) is 8.63. The fourth-order valence-corrected chi connectivity index (χ4v) is 6.03. The van der Waals surface area contributed by atoms with Gasteiger partial charge in [-0.2, -0.15) is 0 Å². The predicted octanol–water partition coefficient (Wildman–Crippen LogP) is 4.13. The number of benzene rings is 3. The SMILES string of the molecule is CNC(=O)C(C)N(Cc1ccc(OC)cc1)C(=O)CN(c1ccc(C)cc1)S(=O)(=O)c1ccc(OC)c(Br)c1. The highest BCUT2D eigenvalue weighted by Gasteiger charge is 2.32. The van der Waals surface area contributed by atoms with E-state index >= 15 is 0 Å². The van der Waals surface area contributed by atoms with Crippen molar-refractivity contribution in [3.8, 4) is 11.5 Å². The molecular formula is C28H32BrN3O6S. The van der Waals surface area contributed by atoms with Crippen molar-refractivity contribution in [3.63, 3.8) is 0 Å². The Kier molecular flexibility index (Phi) is 9.98. The maximum atomic E-state index is 13.9. The minimum atomic E-state index is -4.19. The van der Waals surface area contributed by atoms with Crippen molar-refractivity contribution in [1.82, 2.24) is 10.2 Å². The summed E-state index contributed by atoms with van der Waals surface area (Å²) in [7, 11) is 0.331. The summed E-state index contributed by atoms with van der Waals surface area (Å²) in [6, 6.07) is 17.5. The number of carbonyl (C=O) groups is 2. The van der Waals surface area contributed by atoms with Crippen molar-refractivity contribution < 1.29 is 27.5 Å². The van der Waals surface area contributed by atoms with Gasteiger partial charge in [-0.3, -0.25) is 13.9 Å². The van der Waals surface area contributed by atoms with E-state index in [1.54, 1.807) is 62.6 Å². The number of hydrogen-bond donors (Lipinski definition) is 1. The molecule has 3 rings (SSSR count). The molecule has 1 atom stereocenters. The Labute approximate surface area is 237 Å². The number of methoxy groups -OCH3 is 2. The second-order valence-corrected chi connectivity index (χ2v) is 11.5. The number of anilines is 1. The highest BCUT2D eigenvalue weighted by atomic mass is 79.9. The van der Waals surface area contributed by atoms with E-state index in [0.29, 0.717) is 21.7 Å². The van der Waals surface area contributed by atoms with Crippen LogP contribution in [0.2, 0.25) is 0 Å². The molecule has 0 radical (unpaired) electrons. The van der Waals surface area contributed by atoms with Gasteiger partial charge in [-0.15, -0.1) is 0 Å². The summed E-state index contributed by atoms with van der Waals surface area (Å²) in [6.45, 7) is 3.06. The summed E-state index contributed by atoms with van der Waals surface area (Å²) >= 11 is 3.34. The first-order valence-corrected chi connectivity index (χ1v) is 14.3. The molecule has 0 saturated carbocycles. The lowest BCUT2D eigenvalue weighted by Crippen LogP contribution is -2.50. The van der Waals surface area contributed by atoms with E-state index in [4.69, 9.17) is 9.47 Å². The Morgan fingerprint density at radius 1 is 0.974 bits per heavy atom. The van der Waals surface area contributed by atoms with E-state index in [1.807, 2.05) is 6.92 Å². The highest BCUT2D eigenvalue weighted by Crippen LogP contribution is 2.31. The van der Waals surface area contributed by atoms with Crippen molar-refractivity contribution in [2.75, 3.05) is 32.1 Å². The molecule has 0 aliphatic rings. The van der Waals surface area contributed by atoms with Crippen LogP contribution in [0, 0.1) is 6.92 Å². The summed E-state index contributed by atoms with van der Waals surface area (Å²) in [4.78, 5) is 27.7. The van der Waals surface area contributed by atoms with Crippen LogP contribution in [0.3, 0.4) is 0 Å². The third-order valence-electron chi connectivity index (χ3n) is 6.24. The van der Waals surface area contributed by atoms with Gasteiger partial charge in [0.05, 0.1) is 29.3 Å². The number of rotatable bonds is 11. The van der Waals surface area contributed by atoms with E-state index in [1.165, 1.54) is 37.3 Å². The van der Waals surface area contributed by atoms with Gasteiger partial charge in [-0.05, 0) is 77.8 Å². The number of aryl methyl sites for hydroxylation is 1. The highest BCUT2D eigenvalue weighted by molar-refractivity contribution is 9.10. The smallest absolute Gasteiger partial charge is 0.264 e. The largest absolute Gasteiger partial charge is 0.497 e. The van der Waals surface area contributed by atoms with Crippen LogP contribution in [0.15, 0.2) is 76.1 Å². The predicted molar refractivity (Wildman–Crippen MR) is 153 cm³/mol. The van der Waals surface area contributed by atoms with E-state index in [-0.39, 0.29) is 17.3 Å². The Morgan fingerprint density at radius 2 is 1.62 bits per heavy atom. The number of carbonyl (C=O) groups excluding carboxylic acids is 2. The number of amides is 2. The van der Waals surface area contributed by atoms with Crippen LogP contribution in [-0.4, -0.2) is 59.0 Å². The maximum Gasteiger partial charge on any atom is 0.264 e. The zero-order chi connectivity index (χ0) is 28.7. The van der Waals surface area contributed by atoms with Gasteiger partial charge >= 0.3 is 0 Å². The minimum absolute atomic E-state index is 0.0235. The van der Waals surface area contributed by atoms with Crippen LogP contribution >= 0.6 is 15.9 Å². The molecule has 0 saturated heterocycles. The average molecular weight is 619 g/mol. The molecule has 0 aliphatic heterocycles. The van der Waals surface area contributed by atoms with Crippen LogP contribution in [-0.2, 0) is 26.2 Å². The van der Waals surface area contributed by atoms with Gasteiger partial charge in [0.1, 0.15) is 24.1 Å². The first-order chi connectivity index (χ1) is 18.5. The molecule has 9 nitrogen and oxygen atoms in total. The van der Waals surface area contributed by atoms with E-state index in [2.05, 4.69) is 21.2 Å². The summed E-state index contributed by atoms with van der Waals surface area (Å²) in [5, 5.41) is 2.57. The van der Waals surface area contributed by atoms with Crippen molar-refractivity contribution >= 4 is 43.5 Å². The van der Waals surface area contributed by atoms with Crippen LogP contribution in [0.5, 0.6) is 11.5 Å². The fraction of sp³-hybridized carbons (Fsp3) is 0.286. The zero-order valence-electron chi connectivity index (χ0n) is 22.5. The number of nitrogens with zero attached hydrogens (tertiary/aromatic N) is 2. The zero-order valence-corrected chi connectivity index (χ0v) is 24.9.